The van der Waals surface area contributed by atoms with Crippen LogP contribution in [0.2, 0.25) is 0 Å². The van der Waals surface area contributed by atoms with Gasteiger partial charge >= 0.3 is 0 Å². The summed E-state index contributed by atoms with van der Waals surface area (Å²) in [6, 6.07) is 14.6. The standard InChI is InChI=1S/C25H20N4O4S/c1-14-8-9-17-18(12-14)24(32)28(23(17)31)11-10-19(30)27-29-13-26-22-21(25(29)33)20(15(2)34-22)16-6-4-3-5-7-16/h3-9,12-13H,10-11H2,1-2H3,(H,27,30). The van der Waals surface area contributed by atoms with E-state index in [1.807, 2.05) is 44.2 Å². The number of benzene rings is 2. The van der Waals surface area contributed by atoms with Crippen LogP contribution in [0, 0.1) is 13.8 Å². The van der Waals surface area contributed by atoms with Crippen LogP contribution in [0.3, 0.4) is 0 Å². The summed E-state index contributed by atoms with van der Waals surface area (Å²) in [6.45, 7) is 3.68. The Kier molecular flexibility index (Phi) is 5.33. The largest absolute Gasteiger partial charge is 0.281 e. The SMILES string of the molecule is Cc1ccc2c(c1)C(=O)N(CCC(=O)Nn1cnc3sc(C)c(-c4ccccc4)c3c1=O)C2=O. The first-order chi connectivity index (χ1) is 16.3. The highest BCUT2D eigenvalue weighted by molar-refractivity contribution is 7.19. The molecule has 8 nitrogen and oxygen atoms in total. The monoisotopic (exact) mass is 472 g/mol. The van der Waals surface area contributed by atoms with Gasteiger partial charge in [0.25, 0.3) is 17.4 Å². The van der Waals surface area contributed by atoms with Crippen LogP contribution in [0.25, 0.3) is 21.3 Å². The lowest BCUT2D eigenvalue weighted by atomic mass is 10.0. The van der Waals surface area contributed by atoms with E-state index in [2.05, 4.69) is 10.4 Å². The molecule has 2 aromatic carbocycles. The molecule has 1 N–H and O–H groups in total. The van der Waals surface area contributed by atoms with Crippen LogP contribution in [0.1, 0.15) is 37.6 Å². The second-order valence-electron chi connectivity index (χ2n) is 8.10. The third kappa shape index (κ3) is 3.60. The van der Waals surface area contributed by atoms with E-state index < -0.39 is 23.3 Å². The molecule has 4 aromatic rings. The minimum absolute atomic E-state index is 0.0888. The summed E-state index contributed by atoms with van der Waals surface area (Å²) in [5, 5.41) is 0.437. The number of hydrogen-bond acceptors (Lipinski definition) is 6. The first-order valence-electron chi connectivity index (χ1n) is 10.7. The second kappa shape index (κ2) is 8.35. The van der Waals surface area contributed by atoms with Crippen molar-refractivity contribution >= 4 is 39.3 Å². The van der Waals surface area contributed by atoms with E-state index in [1.54, 1.807) is 18.2 Å². The van der Waals surface area contributed by atoms with Crippen LogP contribution in [0.4, 0.5) is 0 Å². The molecule has 0 unspecified atom stereocenters. The van der Waals surface area contributed by atoms with Crippen LogP contribution in [-0.4, -0.2) is 38.8 Å². The molecule has 2 aromatic heterocycles. The predicted octanol–water partition coefficient (Wildman–Crippen LogP) is 3.50. The zero-order valence-electron chi connectivity index (χ0n) is 18.5. The van der Waals surface area contributed by atoms with E-state index in [-0.39, 0.29) is 13.0 Å². The quantitative estimate of drug-likeness (QED) is 0.448. The lowest BCUT2D eigenvalue weighted by Gasteiger charge is -2.14. The van der Waals surface area contributed by atoms with E-state index in [0.717, 1.165) is 31.1 Å². The van der Waals surface area contributed by atoms with Crippen molar-refractivity contribution < 1.29 is 14.4 Å². The highest BCUT2D eigenvalue weighted by Crippen LogP contribution is 2.35. The van der Waals surface area contributed by atoms with Gasteiger partial charge in [0.1, 0.15) is 11.2 Å². The molecule has 0 radical (unpaired) electrons. The molecule has 0 saturated carbocycles. The minimum Gasteiger partial charge on any atom is -0.274 e. The Hall–Kier alpha value is -4.11. The van der Waals surface area contributed by atoms with Gasteiger partial charge in [0.15, 0.2) is 0 Å². The molecule has 3 heterocycles. The summed E-state index contributed by atoms with van der Waals surface area (Å²) < 4.78 is 1.05. The number of carbonyl (C=O) groups is 3. The number of imide groups is 1. The van der Waals surface area contributed by atoms with Gasteiger partial charge in [-0.15, -0.1) is 11.3 Å². The molecule has 5 rings (SSSR count). The number of hydrogen-bond donors (Lipinski definition) is 1. The van der Waals surface area contributed by atoms with Crippen LogP contribution < -0.4 is 11.0 Å². The minimum atomic E-state index is -0.510. The fourth-order valence-corrected chi connectivity index (χ4v) is 5.15. The fourth-order valence-electron chi connectivity index (χ4n) is 4.15. The van der Waals surface area contributed by atoms with E-state index in [0.29, 0.717) is 21.3 Å². The first-order valence-corrected chi connectivity index (χ1v) is 11.5. The molecule has 0 saturated heterocycles. The van der Waals surface area contributed by atoms with Crippen molar-refractivity contribution in [2.24, 2.45) is 0 Å². The zero-order valence-corrected chi connectivity index (χ0v) is 19.3. The molecule has 9 heteroatoms. The van der Waals surface area contributed by atoms with Crippen molar-refractivity contribution in [3.63, 3.8) is 0 Å². The average Bonchev–Trinajstić information content (AvgIpc) is 3.28. The van der Waals surface area contributed by atoms with Gasteiger partial charge in [-0.2, -0.15) is 0 Å². The Morgan fingerprint density at radius 2 is 1.74 bits per heavy atom. The molecule has 34 heavy (non-hydrogen) atoms. The van der Waals surface area contributed by atoms with Gasteiger partial charge in [-0.05, 0) is 31.5 Å². The Bertz CT molecular complexity index is 1540. The van der Waals surface area contributed by atoms with Gasteiger partial charge < -0.3 is 0 Å². The Labute approximate surface area is 198 Å². The third-order valence-electron chi connectivity index (χ3n) is 5.79. The lowest BCUT2D eigenvalue weighted by Crippen LogP contribution is -2.37. The maximum atomic E-state index is 13.2. The molecule has 3 amide bonds. The topological polar surface area (TPSA) is 101 Å². The van der Waals surface area contributed by atoms with E-state index in [4.69, 9.17) is 0 Å². The molecule has 1 aliphatic heterocycles. The smallest absolute Gasteiger partial charge is 0.274 e. The number of nitrogens with zero attached hydrogens (tertiary/aromatic N) is 3. The van der Waals surface area contributed by atoms with Crippen LogP contribution in [0.5, 0.6) is 0 Å². The number of carbonyl (C=O) groups excluding carboxylic acids is 3. The number of aromatic nitrogens is 2. The van der Waals surface area contributed by atoms with Crippen molar-refractivity contribution in [3.05, 3.63) is 86.8 Å². The fraction of sp³-hybridized carbons (Fsp3) is 0.160. The van der Waals surface area contributed by atoms with Crippen molar-refractivity contribution in [2.75, 3.05) is 12.0 Å². The second-order valence-corrected chi connectivity index (χ2v) is 9.30. The predicted molar refractivity (Wildman–Crippen MR) is 130 cm³/mol. The summed E-state index contributed by atoms with van der Waals surface area (Å²) in [7, 11) is 0. The number of amides is 3. The molecule has 0 atom stereocenters. The van der Waals surface area contributed by atoms with Crippen molar-refractivity contribution in [1.82, 2.24) is 14.6 Å². The van der Waals surface area contributed by atoms with Crippen molar-refractivity contribution in [1.29, 1.82) is 0 Å². The summed E-state index contributed by atoms with van der Waals surface area (Å²) in [4.78, 5) is 58.0. The number of thiophene rings is 1. The molecule has 0 fully saturated rings. The van der Waals surface area contributed by atoms with Gasteiger partial charge in [0.2, 0.25) is 5.91 Å². The first kappa shape index (κ1) is 21.7. The van der Waals surface area contributed by atoms with Gasteiger partial charge in [-0.1, -0.05) is 42.0 Å². The van der Waals surface area contributed by atoms with Gasteiger partial charge in [0.05, 0.1) is 16.5 Å². The summed E-state index contributed by atoms with van der Waals surface area (Å²) in [5.41, 5.74) is 5.39. The summed E-state index contributed by atoms with van der Waals surface area (Å²) in [6.07, 6.45) is 1.13. The number of aryl methyl sites for hydroxylation is 2. The average molecular weight is 473 g/mol. The highest BCUT2D eigenvalue weighted by Gasteiger charge is 2.35. The Morgan fingerprint density at radius 3 is 2.50 bits per heavy atom. The maximum absolute atomic E-state index is 13.2. The van der Waals surface area contributed by atoms with E-state index in [9.17, 15) is 19.2 Å². The summed E-state index contributed by atoms with van der Waals surface area (Å²) >= 11 is 1.42. The van der Waals surface area contributed by atoms with Crippen molar-refractivity contribution in [3.8, 4) is 11.1 Å². The van der Waals surface area contributed by atoms with E-state index in [1.165, 1.54) is 17.7 Å². The molecule has 170 valence electrons. The van der Waals surface area contributed by atoms with Crippen LogP contribution >= 0.6 is 11.3 Å². The molecule has 1 aliphatic rings. The molecule has 0 aliphatic carbocycles. The van der Waals surface area contributed by atoms with E-state index >= 15 is 0 Å². The lowest BCUT2D eigenvalue weighted by molar-refractivity contribution is -0.117. The normalized spacial score (nSPS) is 12.9. The zero-order chi connectivity index (χ0) is 24.0. The van der Waals surface area contributed by atoms with Gasteiger partial charge in [-0.3, -0.25) is 29.5 Å². The molecule has 0 spiro atoms. The number of rotatable bonds is 5. The Morgan fingerprint density at radius 1 is 1.00 bits per heavy atom. The third-order valence-corrected chi connectivity index (χ3v) is 6.80. The highest BCUT2D eigenvalue weighted by atomic mass is 32.1. The number of nitrogens with one attached hydrogen (secondary N) is 1. The molecule has 0 bridgehead atoms. The maximum Gasteiger partial charge on any atom is 0.281 e. The molecular formula is C25H20N4O4S. The van der Waals surface area contributed by atoms with Gasteiger partial charge in [-0.25, -0.2) is 9.66 Å². The van der Waals surface area contributed by atoms with Crippen LogP contribution in [0.15, 0.2) is 59.7 Å². The Balaban J connectivity index is 1.36. The van der Waals surface area contributed by atoms with Crippen LogP contribution in [-0.2, 0) is 4.79 Å². The van der Waals surface area contributed by atoms with Crippen molar-refractivity contribution in [2.45, 2.75) is 20.3 Å². The van der Waals surface area contributed by atoms with Gasteiger partial charge in [0, 0.05) is 23.4 Å². The summed E-state index contributed by atoms with van der Waals surface area (Å²) in [5.74, 6) is -1.35. The molecular weight excluding hydrogens is 452 g/mol. The number of fused-ring (bicyclic) bond motifs is 2.